The SMILES string of the molecule is CCCCOc1cc(O)c(C[C@H](O)[C@@H](O)c2ccc(O)c(OC)c2)c(OCCCC)c1. The van der Waals surface area contributed by atoms with Gasteiger partial charge in [-0.15, -0.1) is 0 Å². The predicted molar refractivity (Wildman–Crippen MR) is 118 cm³/mol. The molecule has 0 aromatic heterocycles. The molecular weight excluding hydrogens is 400 g/mol. The average molecular weight is 435 g/mol. The third kappa shape index (κ3) is 6.94. The van der Waals surface area contributed by atoms with Gasteiger partial charge in [0.05, 0.1) is 26.4 Å². The van der Waals surface area contributed by atoms with Gasteiger partial charge in [-0.05, 0) is 30.5 Å². The maximum atomic E-state index is 10.7. The van der Waals surface area contributed by atoms with E-state index in [1.54, 1.807) is 6.07 Å². The Labute approximate surface area is 183 Å². The van der Waals surface area contributed by atoms with Crippen LogP contribution in [0.25, 0.3) is 0 Å². The fraction of sp³-hybridized carbons (Fsp3) is 0.500. The van der Waals surface area contributed by atoms with Crippen molar-refractivity contribution in [3.05, 3.63) is 41.5 Å². The number of aliphatic hydroxyl groups excluding tert-OH is 2. The van der Waals surface area contributed by atoms with Gasteiger partial charge < -0.3 is 34.6 Å². The molecule has 0 fully saturated rings. The summed E-state index contributed by atoms with van der Waals surface area (Å²) < 4.78 is 16.6. The normalized spacial score (nSPS) is 12.9. The van der Waals surface area contributed by atoms with Gasteiger partial charge in [-0.1, -0.05) is 32.8 Å². The maximum absolute atomic E-state index is 10.7. The van der Waals surface area contributed by atoms with Crippen LogP contribution in [0.1, 0.15) is 56.8 Å². The molecule has 7 nitrogen and oxygen atoms in total. The zero-order valence-electron chi connectivity index (χ0n) is 18.5. The summed E-state index contributed by atoms with van der Waals surface area (Å²) in [5, 5.41) is 41.6. The number of ether oxygens (including phenoxy) is 3. The van der Waals surface area contributed by atoms with Gasteiger partial charge >= 0.3 is 0 Å². The Hall–Kier alpha value is -2.64. The van der Waals surface area contributed by atoms with Crippen molar-refractivity contribution in [3.8, 4) is 28.7 Å². The first kappa shape index (κ1) is 24.6. The van der Waals surface area contributed by atoms with Crippen molar-refractivity contribution in [1.29, 1.82) is 0 Å². The van der Waals surface area contributed by atoms with Crippen molar-refractivity contribution in [1.82, 2.24) is 0 Å². The zero-order chi connectivity index (χ0) is 22.8. The number of methoxy groups -OCH3 is 1. The van der Waals surface area contributed by atoms with Crippen LogP contribution in [-0.2, 0) is 6.42 Å². The van der Waals surface area contributed by atoms with E-state index < -0.39 is 12.2 Å². The highest BCUT2D eigenvalue weighted by Gasteiger charge is 2.24. The molecule has 31 heavy (non-hydrogen) atoms. The van der Waals surface area contributed by atoms with Crippen molar-refractivity contribution in [2.75, 3.05) is 20.3 Å². The van der Waals surface area contributed by atoms with E-state index in [9.17, 15) is 20.4 Å². The summed E-state index contributed by atoms with van der Waals surface area (Å²) in [7, 11) is 1.41. The molecule has 4 N–H and O–H groups in total. The third-order valence-corrected chi connectivity index (χ3v) is 5.00. The summed E-state index contributed by atoms with van der Waals surface area (Å²) in [4.78, 5) is 0. The van der Waals surface area contributed by atoms with Gasteiger partial charge in [-0.25, -0.2) is 0 Å². The van der Waals surface area contributed by atoms with E-state index in [4.69, 9.17) is 14.2 Å². The molecule has 7 heteroatoms. The number of benzene rings is 2. The zero-order valence-corrected chi connectivity index (χ0v) is 18.5. The number of rotatable bonds is 13. The topological polar surface area (TPSA) is 109 Å². The number of aromatic hydroxyl groups is 2. The summed E-state index contributed by atoms with van der Waals surface area (Å²) in [6, 6.07) is 7.58. The van der Waals surface area contributed by atoms with E-state index >= 15 is 0 Å². The lowest BCUT2D eigenvalue weighted by molar-refractivity contribution is 0.0181. The Kier molecular flexibility index (Phi) is 9.75. The molecule has 0 unspecified atom stereocenters. The molecular formula is C24H34O7. The van der Waals surface area contributed by atoms with E-state index in [2.05, 4.69) is 13.8 Å². The lowest BCUT2D eigenvalue weighted by Gasteiger charge is -2.22. The first-order valence-corrected chi connectivity index (χ1v) is 10.8. The molecule has 0 heterocycles. The fourth-order valence-electron chi connectivity index (χ4n) is 3.11. The van der Waals surface area contributed by atoms with Gasteiger partial charge in [-0.3, -0.25) is 0 Å². The van der Waals surface area contributed by atoms with E-state index in [0.717, 1.165) is 25.7 Å². The highest BCUT2D eigenvalue weighted by Crippen LogP contribution is 2.37. The average Bonchev–Trinajstić information content (AvgIpc) is 2.76. The van der Waals surface area contributed by atoms with E-state index in [0.29, 0.717) is 35.8 Å². The van der Waals surface area contributed by atoms with Crippen LogP contribution in [0.15, 0.2) is 30.3 Å². The molecule has 0 radical (unpaired) electrons. The van der Waals surface area contributed by atoms with Crippen LogP contribution < -0.4 is 14.2 Å². The van der Waals surface area contributed by atoms with Gasteiger partial charge in [0, 0.05) is 24.1 Å². The van der Waals surface area contributed by atoms with E-state index in [-0.39, 0.29) is 23.7 Å². The Morgan fingerprint density at radius 3 is 2.16 bits per heavy atom. The van der Waals surface area contributed by atoms with Crippen LogP contribution >= 0.6 is 0 Å². The summed E-state index contributed by atoms with van der Waals surface area (Å²) in [6.45, 7) is 5.13. The number of phenolic OH excluding ortho intramolecular Hbond substituents is 2. The second kappa shape index (κ2) is 12.3. The molecule has 0 amide bonds. The van der Waals surface area contributed by atoms with Crippen LogP contribution in [0.4, 0.5) is 0 Å². The van der Waals surface area contributed by atoms with Crippen LogP contribution in [0.2, 0.25) is 0 Å². The summed E-state index contributed by atoms with van der Waals surface area (Å²) in [6.07, 6.45) is 1.19. The molecule has 0 saturated heterocycles. The minimum Gasteiger partial charge on any atom is -0.507 e. The minimum absolute atomic E-state index is 0.0348. The smallest absolute Gasteiger partial charge is 0.160 e. The van der Waals surface area contributed by atoms with Gasteiger partial charge in [0.2, 0.25) is 0 Å². The molecule has 2 aromatic carbocycles. The number of hydrogen-bond donors (Lipinski definition) is 4. The molecule has 0 aliphatic carbocycles. The third-order valence-electron chi connectivity index (χ3n) is 5.00. The van der Waals surface area contributed by atoms with Gasteiger partial charge in [0.1, 0.15) is 23.4 Å². The molecule has 2 atom stereocenters. The minimum atomic E-state index is -1.25. The van der Waals surface area contributed by atoms with Crippen LogP contribution in [-0.4, -0.2) is 46.9 Å². The van der Waals surface area contributed by atoms with Crippen molar-refractivity contribution < 1.29 is 34.6 Å². The lowest BCUT2D eigenvalue weighted by Crippen LogP contribution is -2.21. The Morgan fingerprint density at radius 1 is 0.839 bits per heavy atom. The van der Waals surface area contributed by atoms with Crippen LogP contribution in [0.5, 0.6) is 28.7 Å². The van der Waals surface area contributed by atoms with Crippen LogP contribution in [0, 0.1) is 0 Å². The maximum Gasteiger partial charge on any atom is 0.160 e. The molecule has 2 aromatic rings. The number of aliphatic hydroxyl groups is 2. The highest BCUT2D eigenvalue weighted by atomic mass is 16.5. The Bertz CT molecular complexity index is 822. The van der Waals surface area contributed by atoms with Crippen LogP contribution in [0.3, 0.4) is 0 Å². The van der Waals surface area contributed by atoms with Gasteiger partial charge in [0.15, 0.2) is 11.5 Å². The van der Waals surface area contributed by atoms with Crippen molar-refractivity contribution >= 4 is 0 Å². The molecule has 0 saturated carbocycles. The van der Waals surface area contributed by atoms with Crippen molar-refractivity contribution in [3.63, 3.8) is 0 Å². The first-order chi connectivity index (χ1) is 14.9. The number of hydrogen-bond acceptors (Lipinski definition) is 7. The number of unbranched alkanes of at least 4 members (excludes halogenated alkanes) is 2. The quantitative estimate of drug-likeness (QED) is 0.352. The first-order valence-electron chi connectivity index (χ1n) is 10.8. The standard InChI is InChI=1S/C24H34O7/c1-4-6-10-30-17-13-20(26)18(22(14-17)31-11-7-5-2)15-21(27)24(28)16-8-9-19(25)23(12-16)29-3/h8-9,12-14,21,24-28H,4-7,10-11,15H2,1-3H3/t21-,24-/m0/s1. The molecule has 172 valence electrons. The molecule has 2 rings (SSSR count). The summed E-state index contributed by atoms with van der Waals surface area (Å²) in [5.41, 5.74) is 0.783. The van der Waals surface area contributed by atoms with Gasteiger partial charge in [0.25, 0.3) is 0 Å². The second-order valence-electron chi connectivity index (χ2n) is 7.47. The molecule has 0 bridgehead atoms. The van der Waals surface area contributed by atoms with Crippen molar-refractivity contribution in [2.45, 2.75) is 58.2 Å². The molecule has 0 aliphatic rings. The summed E-state index contributed by atoms with van der Waals surface area (Å²) >= 11 is 0. The Morgan fingerprint density at radius 2 is 1.52 bits per heavy atom. The predicted octanol–water partition coefficient (Wildman–Crippen LogP) is 4.10. The highest BCUT2D eigenvalue weighted by molar-refractivity contribution is 5.50. The monoisotopic (exact) mass is 434 g/mol. The molecule has 0 aliphatic heterocycles. The van der Waals surface area contributed by atoms with Gasteiger partial charge in [-0.2, -0.15) is 0 Å². The fourth-order valence-corrected chi connectivity index (χ4v) is 3.11. The van der Waals surface area contributed by atoms with Crippen molar-refractivity contribution in [2.24, 2.45) is 0 Å². The molecule has 0 spiro atoms. The largest absolute Gasteiger partial charge is 0.507 e. The van der Waals surface area contributed by atoms with E-state index in [1.807, 2.05) is 0 Å². The Balaban J connectivity index is 2.23. The lowest BCUT2D eigenvalue weighted by atomic mass is 9.97. The summed E-state index contributed by atoms with van der Waals surface area (Å²) in [5.74, 6) is 1.00. The number of phenols is 2. The van der Waals surface area contributed by atoms with E-state index in [1.165, 1.54) is 31.4 Å². The second-order valence-corrected chi connectivity index (χ2v) is 7.47.